The number of piperidine rings is 1. The van der Waals surface area contributed by atoms with Crippen LogP contribution in [0.5, 0.6) is 0 Å². The van der Waals surface area contributed by atoms with Crippen LogP contribution in [-0.4, -0.2) is 22.8 Å². The molecule has 0 radical (unpaired) electrons. The summed E-state index contributed by atoms with van der Waals surface area (Å²) in [5, 5.41) is 15.7. The number of hydrogen-bond donors (Lipinski definition) is 2. The summed E-state index contributed by atoms with van der Waals surface area (Å²) >= 11 is 0. The molecule has 5 heteroatoms. The van der Waals surface area contributed by atoms with Crippen molar-refractivity contribution in [1.82, 2.24) is 10.5 Å². The third kappa shape index (κ3) is 1.77. The second-order valence-corrected chi connectivity index (χ2v) is 3.48. The fourth-order valence-electron chi connectivity index (χ4n) is 1.76. The Morgan fingerprint density at radius 3 is 3.21 bits per heavy atom. The van der Waals surface area contributed by atoms with Crippen LogP contribution < -0.4 is 5.32 Å². The zero-order valence-electron chi connectivity index (χ0n) is 7.64. The Bertz CT molecular complexity index is 310. The standard InChI is InChI=1S/C9H12N2O3/c12-9(13)6-1-3-10-7(5-6)8-2-4-11-14-8/h2,4,6-7,10H,1,3,5H2,(H,12,13). The van der Waals surface area contributed by atoms with Gasteiger partial charge >= 0.3 is 5.97 Å². The average Bonchev–Trinajstić information content (AvgIpc) is 2.71. The smallest absolute Gasteiger partial charge is 0.306 e. The van der Waals surface area contributed by atoms with Crippen LogP contribution in [0, 0.1) is 5.92 Å². The van der Waals surface area contributed by atoms with Gasteiger partial charge in [0.1, 0.15) is 0 Å². The number of nitrogens with one attached hydrogen (secondary N) is 1. The predicted molar refractivity (Wildman–Crippen MR) is 47.6 cm³/mol. The molecule has 1 aromatic rings. The molecule has 1 aromatic heterocycles. The van der Waals surface area contributed by atoms with E-state index >= 15 is 0 Å². The van der Waals surface area contributed by atoms with Crippen LogP contribution in [0.4, 0.5) is 0 Å². The highest BCUT2D eigenvalue weighted by Gasteiger charge is 2.28. The first-order chi connectivity index (χ1) is 6.77. The Kier molecular flexibility index (Phi) is 2.49. The van der Waals surface area contributed by atoms with Gasteiger partial charge in [0.15, 0.2) is 5.76 Å². The average molecular weight is 196 g/mol. The normalized spacial score (nSPS) is 27.4. The minimum atomic E-state index is -0.726. The van der Waals surface area contributed by atoms with Crippen LogP contribution in [0.3, 0.4) is 0 Å². The molecule has 1 aliphatic rings. The monoisotopic (exact) mass is 196 g/mol. The maximum absolute atomic E-state index is 10.8. The molecule has 5 nitrogen and oxygen atoms in total. The number of aromatic nitrogens is 1. The van der Waals surface area contributed by atoms with Gasteiger partial charge in [-0.25, -0.2) is 0 Å². The molecule has 76 valence electrons. The molecule has 2 heterocycles. The van der Waals surface area contributed by atoms with Gasteiger partial charge in [-0.3, -0.25) is 4.79 Å². The van der Waals surface area contributed by atoms with Crippen molar-refractivity contribution in [3.63, 3.8) is 0 Å². The topological polar surface area (TPSA) is 75.4 Å². The Labute approximate surface area is 81.1 Å². The molecule has 1 saturated heterocycles. The number of rotatable bonds is 2. The zero-order chi connectivity index (χ0) is 9.97. The maximum atomic E-state index is 10.8. The predicted octanol–water partition coefficient (Wildman–Crippen LogP) is 0.800. The highest BCUT2D eigenvalue weighted by Crippen LogP contribution is 2.26. The molecule has 0 spiro atoms. The second kappa shape index (κ2) is 3.79. The Morgan fingerprint density at radius 1 is 1.71 bits per heavy atom. The summed E-state index contributed by atoms with van der Waals surface area (Å²) in [6, 6.07) is 1.76. The van der Waals surface area contributed by atoms with Crippen LogP contribution in [0.25, 0.3) is 0 Å². The van der Waals surface area contributed by atoms with Gasteiger partial charge in [-0.2, -0.15) is 0 Å². The van der Waals surface area contributed by atoms with Crippen molar-refractivity contribution in [3.05, 3.63) is 18.0 Å². The molecule has 1 fully saturated rings. The molecule has 0 aromatic carbocycles. The van der Waals surface area contributed by atoms with E-state index in [1.54, 1.807) is 12.3 Å². The van der Waals surface area contributed by atoms with E-state index in [2.05, 4.69) is 10.5 Å². The number of aliphatic carboxylic acids is 1. The molecular formula is C9H12N2O3. The van der Waals surface area contributed by atoms with E-state index < -0.39 is 5.97 Å². The van der Waals surface area contributed by atoms with E-state index in [0.29, 0.717) is 19.4 Å². The highest BCUT2D eigenvalue weighted by atomic mass is 16.5. The van der Waals surface area contributed by atoms with E-state index in [4.69, 9.17) is 9.63 Å². The van der Waals surface area contributed by atoms with Gasteiger partial charge < -0.3 is 14.9 Å². The van der Waals surface area contributed by atoms with Crippen LogP contribution >= 0.6 is 0 Å². The second-order valence-electron chi connectivity index (χ2n) is 3.48. The van der Waals surface area contributed by atoms with E-state index in [9.17, 15) is 4.79 Å². The van der Waals surface area contributed by atoms with E-state index in [1.165, 1.54) is 0 Å². The van der Waals surface area contributed by atoms with Gasteiger partial charge in [-0.05, 0) is 19.4 Å². The summed E-state index contributed by atoms with van der Waals surface area (Å²) in [5.74, 6) is -0.279. The highest BCUT2D eigenvalue weighted by molar-refractivity contribution is 5.70. The number of carboxylic acid groups (broad SMARTS) is 1. The van der Waals surface area contributed by atoms with Crippen molar-refractivity contribution in [1.29, 1.82) is 0 Å². The van der Waals surface area contributed by atoms with Crippen molar-refractivity contribution in [2.75, 3.05) is 6.54 Å². The van der Waals surface area contributed by atoms with Crippen molar-refractivity contribution in [2.24, 2.45) is 5.92 Å². The Balaban J connectivity index is 2.04. The number of nitrogens with zero attached hydrogens (tertiary/aromatic N) is 1. The van der Waals surface area contributed by atoms with E-state index in [1.807, 2.05) is 0 Å². The fourth-order valence-corrected chi connectivity index (χ4v) is 1.76. The van der Waals surface area contributed by atoms with Crippen LogP contribution in [-0.2, 0) is 4.79 Å². The SMILES string of the molecule is O=C(O)C1CCNC(c2ccno2)C1. The van der Waals surface area contributed by atoms with Gasteiger partial charge in [-0.1, -0.05) is 5.16 Å². The fraction of sp³-hybridized carbons (Fsp3) is 0.556. The molecule has 2 unspecified atom stereocenters. The van der Waals surface area contributed by atoms with Gasteiger partial charge in [0, 0.05) is 6.07 Å². The molecule has 0 saturated carbocycles. The summed E-state index contributed by atoms with van der Waals surface area (Å²) in [7, 11) is 0. The van der Waals surface area contributed by atoms with Crippen LogP contribution in [0.2, 0.25) is 0 Å². The first-order valence-corrected chi connectivity index (χ1v) is 4.64. The molecule has 0 amide bonds. The lowest BCUT2D eigenvalue weighted by molar-refractivity contribution is -0.143. The summed E-state index contributed by atoms with van der Waals surface area (Å²) in [6.07, 6.45) is 2.83. The third-order valence-corrected chi connectivity index (χ3v) is 2.55. The van der Waals surface area contributed by atoms with Crippen molar-refractivity contribution in [3.8, 4) is 0 Å². The summed E-state index contributed by atoms with van der Waals surface area (Å²) in [4.78, 5) is 10.8. The van der Waals surface area contributed by atoms with E-state index in [-0.39, 0.29) is 12.0 Å². The molecule has 0 bridgehead atoms. The Hall–Kier alpha value is -1.36. The molecule has 1 aliphatic heterocycles. The molecule has 2 N–H and O–H groups in total. The largest absolute Gasteiger partial charge is 0.481 e. The summed E-state index contributed by atoms with van der Waals surface area (Å²) in [5.41, 5.74) is 0. The zero-order valence-corrected chi connectivity index (χ0v) is 7.64. The minimum absolute atomic E-state index is 0.00708. The third-order valence-electron chi connectivity index (χ3n) is 2.55. The maximum Gasteiger partial charge on any atom is 0.306 e. The summed E-state index contributed by atoms with van der Waals surface area (Å²) in [6.45, 7) is 0.711. The molecule has 2 rings (SSSR count). The molecule has 14 heavy (non-hydrogen) atoms. The Morgan fingerprint density at radius 2 is 2.57 bits per heavy atom. The number of carbonyl (C=O) groups is 1. The number of carboxylic acids is 1. The minimum Gasteiger partial charge on any atom is -0.481 e. The first kappa shape index (κ1) is 9.21. The van der Waals surface area contributed by atoms with E-state index in [0.717, 1.165) is 5.76 Å². The first-order valence-electron chi connectivity index (χ1n) is 4.64. The van der Waals surface area contributed by atoms with Gasteiger partial charge in [0.2, 0.25) is 0 Å². The quantitative estimate of drug-likeness (QED) is 0.731. The molecular weight excluding hydrogens is 184 g/mol. The lowest BCUT2D eigenvalue weighted by Crippen LogP contribution is -2.34. The van der Waals surface area contributed by atoms with Crippen LogP contribution in [0.15, 0.2) is 16.8 Å². The lowest BCUT2D eigenvalue weighted by atomic mass is 9.91. The van der Waals surface area contributed by atoms with Gasteiger partial charge in [0.05, 0.1) is 18.2 Å². The van der Waals surface area contributed by atoms with Gasteiger partial charge in [0.25, 0.3) is 0 Å². The van der Waals surface area contributed by atoms with Crippen LogP contribution in [0.1, 0.15) is 24.6 Å². The lowest BCUT2D eigenvalue weighted by Gasteiger charge is -2.25. The number of hydrogen-bond acceptors (Lipinski definition) is 4. The van der Waals surface area contributed by atoms with Gasteiger partial charge in [-0.15, -0.1) is 0 Å². The van der Waals surface area contributed by atoms with Crippen molar-refractivity contribution < 1.29 is 14.4 Å². The summed E-state index contributed by atoms with van der Waals surface area (Å²) < 4.78 is 5.00. The molecule has 2 atom stereocenters. The molecule has 0 aliphatic carbocycles. The van der Waals surface area contributed by atoms with Crippen molar-refractivity contribution >= 4 is 5.97 Å². The van der Waals surface area contributed by atoms with Crippen molar-refractivity contribution in [2.45, 2.75) is 18.9 Å².